The highest BCUT2D eigenvalue weighted by Crippen LogP contribution is 2.38. The molecule has 0 aliphatic rings. The topological polar surface area (TPSA) is 64.9 Å². The first-order valence-corrected chi connectivity index (χ1v) is 5.78. The normalized spacial score (nSPS) is 10.7. The van der Waals surface area contributed by atoms with Crippen LogP contribution in [0.15, 0.2) is 47.2 Å². The zero-order valence-corrected chi connectivity index (χ0v) is 10.2. The lowest BCUT2D eigenvalue weighted by atomic mass is 10.0. The SMILES string of the molecule is Nc1noc(-c2ccncc2F)c1-c1ccccc1F. The number of anilines is 1. The van der Waals surface area contributed by atoms with Crippen LogP contribution in [0, 0.1) is 11.6 Å². The fourth-order valence-corrected chi connectivity index (χ4v) is 1.97. The van der Waals surface area contributed by atoms with Crippen LogP contribution in [-0.4, -0.2) is 10.1 Å². The average molecular weight is 273 g/mol. The third-order valence-electron chi connectivity index (χ3n) is 2.88. The number of nitrogen functional groups attached to an aromatic ring is 1. The van der Waals surface area contributed by atoms with Gasteiger partial charge in [-0.25, -0.2) is 8.78 Å². The van der Waals surface area contributed by atoms with E-state index in [0.717, 1.165) is 6.20 Å². The number of aromatic nitrogens is 2. The maximum Gasteiger partial charge on any atom is 0.180 e. The Balaban J connectivity index is 2.26. The van der Waals surface area contributed by atoms with E-state index in [2.05, 4.69) is 10.1 Å². The summed E-state index contributed by atoms with van der Waals surface area (Å²) in [6, 6.07) is 7.43. The summed E-state index contributed by atoms with van der Waals surface area (Å²) in [5.41, 5.74) is 6.28. The molecule has 2 heterocycles. The number of benzene rings is 1. The fourth-order valence-electron chi connectivity index (χ4n) is 1.97. The van der Waals surface area contributed by atoms with Crippen molar-refractivity contribution in [3.05, 3.63) is 54.4 Å². The minimum atomic E-state index is -0.596. The molecule has 0 aliphatic heterocycles. The van der Waals surface area contributed by atoms with Crippen LogP contribution in [-0.2, 0) is 0 Å². The quantitative estimate of drug-likeness (QED) is 0.778. The molecule has 0 spiro atoms. The Morgan fingerprint density at radius 2 is 1.80 bits per heavy atom. The molecule has 3 aromatic rings. The summed E-state index contributed by atoms with van der Waals surface area (Å²) in [4.78, 5) is 3.65. The van der Waals surface area contributed by atoms with Crippen molar-refractivity contribution in [2.24, 2.45) is 0 Å². The number of nitrogens with two attached hydrogens (primary N) is 1. The van der Waals surface area contributed by atoms with Crippen LogP contribution in [0.2, 0.25) is 0 Å². The van der Waals surface area contributed by atoms with Crippen molar-refractivity contribution in [2.45, 2.75) is 0 Å². The molecule has 0 bridgehead atoms. The number of pyridine rings is 1. The Bertz CT molecular complexity index is 771. The molecule has 20 heavy (non-hydrogen) atoms. The van der Waals surface area contributed by atoms with Crippen LogP contribution in [0.1, 0.15) is 0 Å². The fraction of sp³-hybridized carbons (Fsp3) is 0. The van der Waals surface area contributed by atoms with E-state index in [1.807, 2.05) is 0 Å². The summed E-state index contributed by atoms with van der Waals surface area (Å²) in [7, 11) is 0. The van der Waals surface area contributed by atoms with Crippen LogP contribution < -0.4 is 5.73 Å². The monoisotopic (exact) mass is 273 g/mol. The Morgan fingerprint density at radius 1 is 1.00 bits per heavy atom. The third kappa shape index (κ3) is 1.91. The molecule has 4 nitrogen and oxygen atoms in total. The predicted molar refractivity (Wildman–Crippen MR) is 69.5 cm³/mol. The molecule has 0 fully saturated rings. The zero-order chi connectivity index (χ0) is 14.1. The van der Waals surface area contributed by atoms with Crippen LogP contribution in [0.3, 0.4) is 0 Å². The minimum absolute atomic E-state index is 0.00122. The summed E-state index contributed by atoms with van der Waals surface area (Å²) in [5.74, 6) is -1.01. The van der Waals surface area contributed by atoms with E-state index < -0.39 is 11.6 Å². The van der Waals surface area contributed by atoms with Crippen LogP contribution in [0.4, 0.5) is 14.6 Å². The number of nitrogens with zero attached hydrogens (tertiary/aromatic N) is 2. The predicted octanol–water partition coefficient (Wildman–Crippen LogP) is 3.26. The Morgan fingerprint density at radius 3 is 2.55 bits per heavy atom. The van der Waals surface area contributed by atoms with Gasteiger partial charge in [0, 0.05) is 11.8 Å². The molecule has 6 heteroatoms. The van der Waals surface area contributed by atoms with E-state index >= 15 is 0 Å². The van der Waals surface area contributed by atoms with E-state index in [4.69, 9.17) is 10.3 Å². The van der Waals surface area contributed by atoms with Gasteiger partial charge in [0.25, 0.3) is 0 Å². The van der Waals surface area contributed by atoms with Crippen LogP contribution in [0.5, 0.6) is 0 Å². The molecule has 0 saturated carbocycles. The molecule has 0 aliphatic carbocycles. The lowest BCUT2D eigenvalue weighted by Gasteiger charge is -2.04. The molecule has 0 atom stereocenters. The molecule has 0 unspecified atom stereocenters. The van der Waals surface area contributed by atoms with Crippen LogP contribution >= 0.6 is 0 Å². The third-order valence-corrected chi connectivity index (χ3v) is 2.88. The maximum absolute atomic E-state index is 13.9. The smallest absolute Gasteiger partial charge is 0.180 e. The molecule has 3 rings (SSSR count). The average Bonchev–Trinajstić information content (AvgIpc) is 2.82. The summed E-state index contributed by atoms with van der Waals surface area (Å²) in [6.07, 6.45) is 2.45. The van der Waals surface area contributed by atoms with Gasteiger partial charge in [0.15, 0.2) is 17.4 Å². The molecule has 0 amide bonds. The van der Waals surface area contributed by atoms with Gasteiger partial charge in [0.05, 0.1) is 17.3 Å². The number of hydrogen-bond donors (Lipinski definition) is 1. The van der Waals surface area contributed by atoms with Crippen molar-refractivity contribution in [3.63, 3.8) is 0 Å². The molecule has 0 radical (unpaired) electrons. The molecular weight excluding hydrogens is 264 g/mol. The first kappa shape index (κ1) is 12.3. The lowest BCUT2D eigenvalue weighted by Crippen LogP contribution is -1.92. The Kier molecular flexibility index (Phi) is 2.90. The summed E-state index contributed by atoms with van der Waals surface area (Å²) in [5, 5.41) is 3.60. The molecule has 2 aromatic heterocycles. The highest BCUT2D eigenvalue weighted by Gasteiger charge is 2.22. The van der Waals surface area contributed by atoms with Gasteiger partial charge in [-0.2, -0.15) is 0 Å². The number of halogens is 2. The highest BCUT2D eigenvalue weighted by molar-refractivity contribution is 5.86. The van der Waals surface area contributed by atoms with Gasteiger partial charge in [0.2, 0.25) is 0 Å². The maximum atomic E-state index is 13.9. The Labute approximate surface area is 112 Å². The number of rotatable bonds is 2. The summed E-state index contributed by atoms with van der Waals surface area (Å²) >= 11 is 0. The van der Waals surface area contributed by atoms with Gasteiger partial charge < -0.3 is 10.3 Å². The minimum Gasteiger partial charge on any atom is -0.380 e. The Hall–Kier alpha value is -2.76. The van der Waals surface area contributed by atoms with E-state index in [0.29, 0.717) is 0 Å². The van der Waals surface area contributed by atoms with Crippen molar-refractivity contribution in [3.8, 4) is 22.5 Å². The van der Waals surface area contributed by atoms with Gasteiger partial charge >= 0.3 is 0 Å². The second kappa shape index (κ2) is 4.73. The van der Waals surface area contributed by atoms with Gasteiger partial charge in [0.1, 0.15) is 5.82 Å². The number of hydrogen-bond acceptors (Lipinski definition) is 4. The van der Waals surface area contributed by atoms with Gasteiger partial charge in [-0.15, -0.1) is 0 Å². The lowest BCUT2D eigenvalue weighted by molar-refractivity contribution is 0.433. The van der Waals surface area contributed by atoms with Gasteiger partial charge in [-0.05, 0) is 12.1 Å². The molecule has 2 N–H and O–H groups in total. The van der Waals surface area contributed by atoms with Gasteiger partial charge in [-0.1, -0.05) is 23.4 Å². The van der Waals surface area contributed by atoms with Crippen molar-refractivity contribution in [1.29, 1.82) is 0 Å². The van der Waals surface area contributed by atoms with E-state index in [1.165, 1.54) is 24.4 Å². The molecule has 0 saturated heterocycles. The van der Waals surface area contributed by atoms with Crippen LogP contribution in [0.25, 0.3) is 22.5 Å². The summed E-state index contributed by atoms with van der Waals surface area (Å²) in [6.45, 7) is 0. The van der Waals surface area contributed by atoms with Crippen molar-refractivity contribution >= 4 is 5.82 Å². The molecular formula is C14H9F2N3O. The van der Waals surface area contributed by atoms with E-state index in [9.17, 15) is 8.78 Å². The van der Waals surface area contributed by atoms with Crippen molar-refractivity contribution in [2.75, 3.05) is 5.73 Å². The molecule has 100 valence electrons. The summed E-state index contributed by atoms with van der Waals surface area (Å²) < 4.78 is 32.8. The first-order chi connectivity index (χ1) is 9.68. The standard InChI is InChI=1S/C14H9F2N3O/c15-10-4-2-1-3-8(10)12-13(20-19-14(12)17)9-5-6-18-7-11(9)16/h1-7H,(H2,17,19). The zero-order valence-electron chi connectivity index (χ0n) is 10.2. The van der Waals surface area contributed by atoms with E-state index in [-0.39, 0.29) is 28.3 Å². The second-order valence-corrected chi connectivity index (χ2v) is 4.11. The van der Waals surface area contributed by atoms with Gasteiger partial charge in [-0.3, -0.25) is 4.98 Å². The van der Waals surface area contributed by atoms with Crippen molar-refractivity contribution < 1.29 is 13.3 Å². The van der Waals surface area contributed by atoms with E-state index in [1.54, 1.807) is 12.1 Å². The van der Waals surface area contributed by atoms with Crippen molar-refractivity contribution in [1.82, 2.24) is 10.1 Å². The highest BCUT2D eigenvalue weighted by atomic mass is 19.1. The first-order valence-electron chi connectivity index (χ1n) is 5.78. The molecule has 1 aromatic carbocycles. The largest absolute Gasteiger partial charge is 0.380 e. The second-order valence-electron chi connectivity index (χ2n) is 4.11.